The van der Waals surface area contributed by atoms with E-state index in [0.717, 1.165) is 6.42 Å². The zero-order chi connectivity index (χ0) is 7.11. The van der Waals surface area contributed by atoms with Gasteiger partial charge in [0.05, 0.1) is 6.61 Å². The van der Waals surface area contributed by atoms with Crippen LogP contribution in [0.2, 0.25) is 0 Å². The van der Waals surface area contributed by atoms with Crippen molar-refractivity contribution in [1.29, 1.82) is 0 Å². The van der Waals surface area contributed by atoms with Gasteiger partial charge in [-0.15, -0.1) is 6.42 Å². The molecule has 2 nitrogen and oxygen atoms in total. The predicted octanol–water partition coefficient (Wildman–Crippen LogP) is 1.02. The van der Waals surface area contributed by atoms with Crippen molar-refractivity contribution in [2.45, 2.75) is 19.6 Å². The average Bonchev–Trinajstić information content (AvgIpc) is 1.91. The molecule has 0 aromatic carbocycles. The summed E-state index contributed by atoms with van der Waals surface area (Å²) in [4.78, 5) is 0. The third-order valence-corrected chi connectivity index (χ3v) is 0.824. The number of hydrogen-bond donors (Lipinski definition) is 0. The Morgan fingerprint density at radius 2 is 2.33 bits per heavy atom. The highest BCUT2D eigenvalue weighted by Gasteiger charge is 1.98. The molecule has 2 heteroatoms. The summed E-state index contributed by atoms with van der Waals surface area (Å²) in [6.07, 6.45) is 5.52. The Balaban J connectivity index is 3.23. The number of terminal acetylenes is 1. The van der Waals surface area contributed by atoms with E-state index in [1.165, 1.54) is 7.11 Å². The molecule has 0 aliphatic heterocycles. The van der Waals surface area contributed by atoms with Crippen LogP contribution in [0.25, 0.3) is 0 Å². The summed E-state index contributed by atoms with van der Waals surface area (Å²) in [5, 5.41) is 0. The second kappa shape index (κ2) is 5.61. The first kappa shape index (κ1) is 8.48. The van der Waals surface area contributed by atoms with Crippen LogP contribution in [0.5, 0.6) is 0 Å². The van der Waals surface area contributed by atoms with Gasteiger partial charge in [-0.2, -0.15) is 0 Å². The molecule has 0 radical (unpaired) electrons. The first-order valence-electron chi connectivity index (χ1n) is 2.95. The van der Waals surface area contributed by atoms with Crippen molar-refractivity contribution in [3.05, 3.63) is 0 Å². The molecule has 9 heavy (non-hydrogen) atoms. The van der Waals surface area contributed by atoms with E-state index in [1.807, 2.05) is 6.92 Å². The Morgan fingerprint density at radius 3 is 2.67 bits per heavy atom. The largest absolute Gasteiger partial charge is 0.345 e. The third-order valence-electron chi connectivity index (χ3n) is 0.824. The van der Waals surface area contributed by atoms with Crippen LogP contribution in [0.1, 0.15) is 13.3 Å². The van der Waals surface area contributed by atoms with Crippen molar-refractivity contribution in [2.75, 3.05) is 13.7 Å². The van der Waals surface area contributed by atoms with Gasteiger partial charge in [-0.3, -0.25) is 0 Å². The molecule has 0 bridgehead atoms. The van der Waals surface area contributed by atoms with Crippen molar-refractivity contribution in [3.8, 4) is 12.3 Å². The minimum Gasteiger partial charge on any atom is -0.345 e. The number of rotatable bonds is 4. The lowest BCUT2D eigenvalue weighted by Gasteiger charge is -2.07. The predicted molar refractivity (Wildman–Crippen MR) is 35.9 cm³/mol. The van der Waals surface area contributed by atoms with Crippen LogP contribution in [0.15, 0.2) is 0 Å². The van der Waals surface area contributed by atoms with Crippen molar-refractivity contribution in [2.24, 2.45) is 0 Å². The molecular weight excluding hydrogens is 116 g/mol. The van der Waals surface area contributed by atoms with Gasteiger partial charge < -0.3 is 9.47 Å². The highest BCUT2D eigenvalue weighted by atomic mass is 16.7. The molecule has 0 aliphatic rings. The Bertz CT molecular complexity index is 93.6. The zero-order valence-corrected chi connectivity index (χ0v) is 5.89. The summed E-state index contributed by atoms with van der Waals surface area (Å²) in [5.74, 6) is 2.34. The fourth-order valence-corrected chi connectivity index (χ4v) is 0.409. The smallest absolute Gasteiger partial charge is 0.221 e. The molecule has 0 amide bonds. The van der Waals surface area contributed by atoms with Crippen LogP contribution in [0.3, 0.4) is 0 Å². The molecule has 0 spiro atoms. The topological polar surface area (TPSA) is 18.5 Å². The van der Waals surface area contributed by atoms with Crippen LogP contribution in [0.4, 0.5) is 0 Å². The second-order valence-corrected chi connectivity index (χ2v) is 1.61. The second-order valence-electron chi connectivity index (χ2n) is 1.61. The van der Waals surface area contributed by atoms with E-state index in [-0.39, 0.29) is 0 Å². The SMILES string of the molecule is C#CC(OC)OCCC. The van der Waals surface area contributed by atoms with Gasteiger partial charge in [-0.25, -0.2) is 0 Å². The van der Waals surface area contributed by atoms with E-state index in [1.54, 1.807) is 0 Å². The summed E-state index contributed by atoms with van der Waals surface area (Å²) < 4.78 is 9.77. The molecule has 0 N–H and O–H groups in total. The monoisotopic (exact) mass is 128 g/mol. The fraction of sp³-hybridized carbons (Fsp3) is 0.714. The van der Waals surface area contributed by atoms with E-state index in [9.17, 15) is 0 Å². The lowest BCUT2D eigenvalue weighted by atomic mass is 10.5. The van der Waals surface area contributed by atoms with Gasteiger partial charge in [-0.05, 0) is 12.3 Å². The van der Waals surface area contributed by atoms with Crippen molar-refractivity contribution in [1.82, 2.24) is 0 Å². The zero-order valence-electron chi connectivity index (χ0n) is 5.89. The van der Waals surface area contributed by atoms with E-state index < -0.39 is 6.29 Å². The Labute approximate surface area is 56.2 Å². The summed E-state index contributed by atoms with van der Waals surface area (Å²) in [6, 6.07) is 0. The maximum absolute atomic E-state index is 5.03. The Hall–Kier alpha value is -0.520. The highest BCUT2D eigenvalue weighted by Crippen LogP contribution is 1.90. The first-order chi connectivity index (χ1) is 4.35. The summed E-state index contributed by atoms with van der Waals surface area (Å²) in [6.45, 7) is 2.67. The molecule has 0 aromatic rings. The average molecular weight is 128 g/mol. The van der Waals surface area contributed by atoms with Gasteiger partial charge in [0, 0.05) is 7.11 Å². The fourth-order valence-electron chi connectivity index (χ4n) is 0.409. The molecule has 1 atom stereocenters. The number of methoxy groups -OCH3 is 1. The first-order valence-corrected chi connectivity index (χ1v) is 2.95. The maximum atomic E-state index is 5.03. The van der Waals surface area contributed by atoms with E-state index in [0.29, 0.717) is 6.61 Å². The highest BCUT2D eigenvalue weighted by molar-refractivity contribution is 4.88. The lowest BCUT2D eigenvalue weighted by molar-refractivity contribution is -0.0834. The van der Waals surface area contributed by atoms with E-state index in [2.05, 4.69) is 5.92 Å². The van der Waals surface area contributed by atoms with Gasteiger partial charge in [0.25, 0.3) is 0 Å². The molecule has 0 rings (SSSR count). The van der Waals surface area contributed by atoms with Crippen LogP contribution in [-0.4, -0.2) is 20.0 Å². The molecule has 0 aliphatic carbocycles. The molecular formula is C7H12O2. The Kier molecular flexibility index (Phi) is 5.29. The molecule has 0 fully saturated rings. The molecule has 1 unspecified atom stereocenters. The normalized spacial score (nSPS) is 12.6. The van der Waals surface area contributed by atoms with Gasteiger partial charge in [0.1, 0.15) is 0 Å². The quantitative estimate of drug-likeness (QED) is 0.415. The molecule has 0 heterocycles. The van der Waals surface area contributed by atoms with Crippen LogP contribution in [0, 0.1) is 12.3 Å². The minimum atomic E-state index is -0.468. The van der Waals surface area contributed by atoms with Crippen molar-refractivity contribution < 1.29 is 9.47 Å². The van der Waals surface area contributed by atoms with E-state index >= 15 is 0 Å². The lowest BCUT2D eigenvalue weighted by Crippen LogP contribution is -2.12. The van der Waals surface area contributed by atoms with Crippen LogP contribution >= 0.6 is 0 Å². The van der Waals surface area contributed by atoms with Crippen molar-refractivity contribution >= 4 is 0 Å². The van der Waals surface area contributed by atoms with Gasteiger partial charge >= 0.3 is 0 Å². The van der Waals surface area contributed by atoms with Gasteiger partial charge in [0.2, 0.25) is 6.29 Å². The van der Waals surface area contributed by atoms with Crippen LogP contribution < -0.4 is 0 Å². The minimum absolute atomic E-state index is 0.468. The maximum Gasteiger partial charge on any atom is 0.221 e. The molecule has 0 saturated carbocycles. The molecule has 52 valence electrons. The van der Waals surface area contributed by atoms with Crippen molar-refractivity contribution in [3.63, 3.8) is 0 Å². The number of hydrogen-bond acceptors (Lipinski definition) is 2. The van der Waals surface area contributed by atoms with Gasteiger partial charge in [-0.1, -0.05) is 6.92 Å². The summed E-state index contributed by atoms with van der Waals surface area (Å²) >= 11 is 0. The molecule has 0 aromatic heterocycles. The number of ether oxygens (including phenoxy) is 2. The Morgan fingerprint density at radius 1 is 1.67 bits per heavy atom. The van der Waals surface area contributed by atoms with Crippen LogP contribution in [-0.2, 0) is 9.47 Å². The molecule has 0 saturated heterocycles. The standard InChI is InChI=1S/C7H12O2/c1-4-6-9-7(5-2)8-3/h2,7H,4,6H2,1,3H3. The van der Waals surface area contributed by atoms with Gasteiger partial charge in [0.15, 0.2) is 0 Å². The van der Waals surface area contributed by atoms with E-state index in [4.69, 9.17) is 15.9 Å². The summed E-state index contributed by atoms with van der Waals surface area (Å²) in [7, 11) is 1.53. The summed E-state index contributed by atoms with van der Waals surface area (Å²) in [5.41, 5.74) is 0. The third kappa shape index (κ3) is 4.01.